The molecule has 0 saturated carbocycles. The molecule has 9 aromatic carbocycles. The zero-order valence-corrected chi connectivity index (χ0v) is 37.5. The van der Waals surface area contributed by atoms with Crippen LogP contribution in [0.2, 0.25) is 0 Å². The van der Waals surface area contributed by atoms with Gasteiger partial charge < -0.3 is 4.90 Å². The summed E-state index contributed by atoms with van der Waals surface area (Å²) in [4.78, 5) is 2.61. The molecule has 0 radical (unpaired) electrons. The number of rotatable bonds is 7. The summed E-state index contributed by atoms with van der Waals surface area (Å²) in [5, 5.41) is 2.48. The molecule has 1 heteroatoms. The van der Waals surface area contributed by atoms with Crippen LogP contribution in [0.1, 0.15) is 67.9 Å². The van der Waals surface area contributed by atoms with Gasteiger partial charge in [0, 0.05) is 28.0 Å². The maximum absolute atomic E-state index is 2.61. The molecule has 0 amide bonds. The summed E-state index contributed by atoms with van der Waals surface area (Å²) >= 11 is 0. The average molecular weight is 834 g/mol. The summed E-state index contributed by atoms with van der Waals surface area (Å²) in [6, 6.07) is 73.2. The van der Waals surface area contributed by atoms with Crippen LogP contribution in [-0.4, -0.2) is 0 Å². The summed E-state index contributed by atoms with van der Waals surface area (Å²) in [6.07, 6.45) is 10.1. The number of fused-ring (bicyclic) bond motifs is 7. The molecule has 0 aliphatic heterocycles. The normalized spacial score (nSPS) is 15.9. The van der Waals surface area contributed by atoms with Gasteiger partial charge in [0.25, 0.3) is 0 Å². The van der Waals surface area contributed by atoms with Crippen LogP contribution >= 0.6 is 0 Å². The fourth-order valence-electron chi connectivity index (χ4n) is 11.4. The fourth-order valence-corrected chi connectivity index (χ4v) is 11.4. The Hall–Kier alpha value is -7.48. The molecule has 0 heterocycles. The van der Waals surface area contributed by atoms with E-state index < -0.39 is 0 Å². The zero-order valence-electron chi connectivity index (χ0n) is 37.5. The summed E-state index contributed by atoms with van der Waals surface area (Å²) in [6.45, 7) is 9.55. The van der Waals surface area contributed by atoms with Crippen molar-refractivity contribution in [2.24, 2.45) is 0 Å². The number of hydrogen-bond donors (Lipinski definition) is 0. The van der Waals surface area contributed by atoms with Crippen molar-refractivity contribution in [3.63, 3.8) is 0 Å². The van der Waals surface area contributed by atoms with Crippen LogP contribution in [0.4, 0.5) is 17.1 Å². The van der Waals surface area contributed by atoms with E-state index in [-0.39, 0.29) is 16.7 Å². The topological polar surface area (TPSA) is 3.24 Å². The van der Waals surface area contributed by atoms with Crippen molar-refractivity contribution in [1.82, 2.24) is 0 Å². The first-order valence-corrected chi connectivity index (χ1v) is 23.2. The third kappa shape index (κ3) is 6.28. The Morgan fingerprint density at radius 3 is 1.71 bits per heavy atom. The molecule has 3 aliphatic rings. The highest BCUT2D eigenvalue weighted by Gasteiger charge is 2.38. The van der Waals surface area contributed by atoms with E-state index >= 15 is 0 Å². The van der Waals surface area contributed by atoms with Crippen molar-refractivity contribution >= 4 is 27.8 Å². The maximum atomic E-state index is 2.61. The molecule has 0 aromatic heterocycles. The van der Waals surface area contributed by atoms with Crippen LogP contribution in [0.5, 0.6) is 0 Å². The van der Waals surface area contributed by atoms with Gasteiger partial charge in [0.05, 0.1) is 11.4 Å². The lowest BCUT2D eigenvalue weighted by Gasteiger charge is -2.34. The van der Waals surface area contributed by atoms with Crippen LogP contribution in [0.15, 0.2) is 218 Å². The molecule has 312 valence electrons. The van der Waals surface area contributed by atoms with E-state index in [4.69, 9.17) is 0 Å². The van der Waals surface area contributed by atoms with Crippen molar-refractivity contribution in [3.05, 3.63) is 246 Å². The molecule has 9 aromatic rings. The molecule has 0 bridgehead atoms. The monoisotopic (exact) mass is 833 g/mol. The van der Waals surface area contributed by atoms with Gasteiger partial charge in [-0.15, -0.1) is 0 Å². The Bertz CT molecular complexity index is 3410. The molecule has 12 rings (SSSR count). The zero-order chi connectivity index (χ0) is 43.9. The second kappa shape index (κ2) is 15.1. The van der Waals surface area contributed by atoms with Crippen LogP contribution in [-0.2, 0) is 10.8 Å². The molecule has 65 heavy (non-hydrogen) atoms. The molecule has 1 atom stereocenters. The van der Waals surface area contributed by atoms with E-state index in [0.29, 0.717) is 0 Å². The smallest absolute Gasteiger partial charge is 0.0546 e. The molecule has 0 N–H and O–H groups in total. The van der Waals surface area contributed by atoms with E-state index in [2.05, 4.69) is 251 Å². The van der Waals surface area contributed by atoms with Gasteiger partial charge >= 0.3 is 0 Å². The molecule has 1 unspecified atom stereocenters. The van der Waals surface area contributed by atoms with Gasteiger partial charge in [-0.25, -0.2) is 0 Å². The second-order valence-corrected chi connectivity index (χ2v) is 19.2. The quantitative estimate of drug-likeness (QED) is 0.155. The Morgan fingerprint density at radius 2 is 0.969 bits per heavy atom. The molecule has 0 spiro atoms. The number of benzene rings is 9. The van der Waals surface area contributed by atoms with Crippen LogP contribution in [0.25, 0.3) is 66.4 Å². The van der Waals surface area contributed by atoms with Crippen molar-refractivity contribution in [2.45, 2.75) is 50.9 Å². The number of anilines is 3. The predicted octanol–water partition coefficient (Wildman–Crippen LogP) is 17.5. The van der Waals surface area contributed by atoms with Crippen molar-refractivity contribution in [3.8, 4) is 55.6 Å². The SMILES string of the molecule is CC1(C)c2ccccc2-c2ccc(-c3ccc(-c4ccc5ccccc5c4)cc3N(c3ccc4c(c3)C(C)(C)c3ccccc3-4)c3cccc(-c4ccccc4)c3C3C=CC=CC3)cc21. The first-order valence-electron chi connectivity index (χ1n) is 23.2. The maximum Gasteiger partial charge on any atom is 0.0546 e. The van der Waals surface area contributed by atoms with E-state index in [9.17, 15) is 0 Å². The Kier molecular flexibility index (Phi) is 9.07. The third-order valence-corrected chi connectivity index (χ3v) is 14.8. The summed E-state index contributed by atoms with van der Waals surface area (Å²) in [5.41, 5.74) is 22.6. The van der Waals surface area contributed by atoms with Crippen molar-refractivity contribution < 1.29 is 0 Å². The summed E-state index contributed by atoms with van der Waals surface area (Å²) < 4.78 is 0. The van der Waals surface area contributed by atoms with E-state index in [1.807, 2.05) is 0 Å². The van der Waals surface area contributed by atoms with Crippen LogP contribution < -0.4 is 4.90 Å². The minimum atomic E-state index is -0.171. The Morgan fingerprint density at radius 1 is 0.385 bits per heavy atom. The van der Waals surface area contributed by atoms with Gasteiger partial charge in [0.1, 0.15) is 0 Å². The van der Waals surface area contributed by atoms with Crippen LogP contribution in [0.3, 0.4) is 0 Å². The van der Waals surface area contributed by atoms with Gasteiger partial charge in [0.15, 0.2) is 0 Å². The highest BCUT2D eigenvalue weighted by molar-refractivity contribution is 5.97. The highest BCUT2D eigenvalue weighted by Crippen LogP contribution is 2.55. The number of hydrogen-bond acceptors (Lipinski definition) is 1. The van der Waals surface area contributed by atoms with Gasteiger partial charge in [-0.3, -0.25) is 0 Å². The van der Waals surface area contributed by atoms with Crippen LogP contribution in [0, 0.1) is 0 Å². The first kappa shape index (κ1) is 39.1. The fraction of sp³-hybridized carbons (Fsp3) is 0.125. The summed E-state index contributed by atoms with van der Waals surface area (Å²) in [5.74, 6) is 0.176. The van der Waals surface area contributed by atoms with E-state index in [1.54, 1.807) is 0 Å². The molecular formula is C64H51N. The number of allylic oxidation sites excluding steroid dienone is 4. The predicted molar refractivity (Wildman–Crippen MR) is 276 cm³/mol. The van der Waals surface area contributed by atoms with Gasteiger partial charge in [-0.05, 0) is 131 Å². The lowest BCUT2D eigenvalue weighted by molar-refractivity contribution is 0.660. The highest BCUT2D eigenvalue weighted by atomic mass is 15.1. The van der Waals surface area contributed by atoms with Gasteiger partial charge in [0.2, 0.25) is 0 Å². The molecular weight excluding hydrogens is 783 g/mol. The van der Waals surface area contributed by atoms with Gasteiger partial charge in [-0.2, -0.15) is 0 Å². The first-order chi connectivity index (χ1) is 31.8. The standard InChI is InChI=1S/C64H51N/c1-63(2)56-27-15-13-24-52(56)54-36-33-48(39-58(54)63)50-35-32-47(46-31-30-42-18-11-12-23-45(42)38-46)40-61(50)65(49-34-37-55-53-25-14-16-28-57(53)64(3,4)59(55)41-49)60-29-17-26-51(43-19-7-5-8-20-43)62(60)44-21-9-6-10-22-44/h5-21,23-41,44H,22H2,1-4H3. The molecule has 3 aliphatic carbocycles. The minimum Gasteiger partial charge on any atom is -0.310 e. The second-order valence-electron chi connectivity index (χ2n) is 19.2. The Balaban J connectivity index is 1.16. The van der Waals surface area contributed by atoms with Gasteiger partial charge in [-0.1, -0.05) is 210 Å². The lowest BCUT2D eigenvalue weighted by Crippen LogP contribution is -2.18. The van der Waals surface area contributed by atoms with E-state index in [1.165, 1.54) is 99.9 Å². The Labute approximate surface area is 383 Å². The van der Waals surface area contributed by atoms with Crippen molar-refractivity contribution in [1.29, 1.82) is 0 Å². The lowest BCUT2D eigenvalue weighted by atomic mass is 9.81. The summed E-state index contributed by atoms with van der Waals surface area (Å²) in [7, 11) is 0. The third-order valence-electron chi connectivity index (χ3n) is 14.8. The average Bonchev–Trinajstić information content (AvgIpc) is 3.73. The molecule has 0 fully saturated rings. The number of nitrogens with zero attached hydrogens (tertiary/aromatic N) is 1. The van der Waals surface area contributed by atoms with E-state index in [0.717, 1.165) is 17.8 Å². The molecule has 1 nitrogen and oxygen atoms in total. The minimum absolute atomic E-state index is 0.134. The molecule has 0 saturated heterocycles. The van der Waals surface area contributed by atoms with Crippen molar-refractivity contribution in [2.75, 3.05) is 4.90 Å². The largest absolute Gasteiger partial charge is 0.310 e.